The standard InChI is InChI=1S/C18H21BrN2/c19-17-13-16(9-8-14(17)10-11-20)21-12-4-3-6-15-5-1-2-7-18(15)21/h1-2,5,7-9,13H,3-4,6,10-12,20H2. The van der Waals surface area contributed by atoms with E-state index >= 15 is 0 Å². The van der Waals surface area contributed by atoms with Crippen LogP contribution >= 0.6 is 15.9 Å². The van der Waals surface area contributed by atoms with Crippen molar-refractivity contribution in [2.75, 3.05) is 18.0 Å². The van der Waals surface area contributed by atoms with Crippen molar-refractivity contribution < 1.29 is 0 Å². The third kappa shape index (κ3) is 3.14. The van der Waals surface area contributed by atoms with Gasteiger partial charge in [-0.05, 0) is 61.6 Å². The highest BCUT2D eigenvalue weighted by atomic mass is 79.9. The molecular weight excluding hydrogens is 324 g/mol. The zero-order valence-corrected chi connectivity index (χ0v) is 13.8. The van der Waals surface area contributed by atoms with E-state index in [1.807, 2.05) is 0 Å². The molecule has 110 valence electrons. The Morgan fingerprint density at radius 2 is 1.95 bits per heavy atom. The van der Waals surface area contributed by atoms with Gasteiger partial charge in [0.1, 0.15) is 0 Å². The van der Waals surface area contributed by atoms with Gasteiger partial charge < -0.3 is 10.6 Å². The Labute approximate surface area is 135 Å². The van der Waals surface area contributed by atoms with Crippen LogP contribution < -0.4 is 10.6 Å². The van der Waals surface area contributed by atoms with Crippen LogP contribution in [0.2, 0.25) is 0 Å². The number of para-hydroxylation sites is 1. The Balaban J connectivity index is 1.98. The van der Waals surface area contributed by atoms with Crippen molar-refractivity contribution in [3.63, 3.8) is 0 Å². The Hall–Kier alpha value is -1.32. The maximum absolute atomic E-state index is 5.66. The summed E-state index contributed by atoms with van der Waals surface area (Å²) in [6.07, 6.45) is 4.59. The SMILES string of the molecule is NCCc1ccc(N2CCCCc3ccccc32)cc1Br. The monoisotopic (exact) mass is 344 g/mol. The molecule has 0 saturated carbocycles. The van der Waals surface area contributed by atoms with Gasteiger partial charge in [0.15, 0.2) is 0 Å². The molecule has 3 rings (SSSR count). The quantitative estimate of drug-likeness (QED) is 0.892. The molecule has 21 heavy (non-hydrogen) atoms. The highest BCUT2D eigenvalue weighted by Gasteiger charge is 2.16. The minimum Gasteiger partial charge on any atom is -0.341 e. The van der Waals surface area contributed by atoms with Gasteiger partial charge in [-0.2, -0.15) is 0 Å². The third-order valence-electron chi connectivity index (χ3n) is 4.12. The van der Waals surface area contributed by atoms with Gasteiger partial charge in [0, 0.05) is 22.4 Å². The normalized spacial score (nSPS) is 14.7. The second kappa shape index (κ2) is 6.63. The third-order valence-corrected chi connectivity index (χ3v) is 4.86. The van der Waals surface area contributed by atoms with E-state index in [9.17, 15) is 0 Å². The highest BCUT2D eigenvalue weighted by molar-refractivity contribution is 9.10. The summed E-state index contributed by atoms with van der Waals surface area (Å²) in [5, 5.41) is 0. The number of benzene rings is 2. The molecule has 1 heterocycles. The van der Waals surface area contributed by atoms with E-state index in [1.165, 1.54) is 41.8 Å². The predicted molar refractivity (Wildman–Crippen MR) is 93.3 cm³/mol. The van der Waals surface area contributed by atoms with Crippen LogP contribution in [0, 0.1) is 0 Å². The van der Waals surface area contributed by atoms with Gasteiger partial charge in [0.2, 0.25) is 0 Å². The number of halogens is 1. The Kier molecular flexibility index (Phi) is 4.61. The molecule has 0 fully saturated rings. The minimum atomic E-state index is 0.685. The molecule has 0 bridgehead atoms. The van der Waals surface area contributed by atoms with E-state index in [2.05, 4.69) is 63.3 Å². The first-order valence-electron chi connectivity index (χ1n) is 7.63. The molecule has 0 spiro atoms. The van der Waals surface area contributed by atoms with Gasteiger partial charge >= 0.3 is 0 Å². The van der Waals surface area contributed by atoms with E-state index in [4.69, 9.17) is 5.73 Å². The number of rotatable bonds is 3. The lowest BCUT2D eigenvalue weighted by Crippen LogP contribution is -2.18. The first-order chi connectivity index (χ1) is 10.3. The average molecular weight is 345 g/mol. The summed E-state index contributed by atoms with van der Waals surface area (Å²) in [5.74, 6) is 0. The number of anilines is 2. The maximum Gasteiger partial charge on any atom is 0.0443 e. The summed E-state index contributed by atoms with van der Waals surface area (Å²) in [6, 6.07) is 15.4. The summed E-state index contributed by atoms with van der Waals surface area (Å²) >= 11 is 3.69. The van der Waals surface area contributed by atoms with Crippen molar-refractivity contribution in [1.82, 2.24) is 0 Å². The van der Waals surface area contributed by atoms with Crippen LogP contribution in [-0.4, -0.2) is 13.1 Å². The fourth-order valence-electron chi connectivity index (χ4n) is 3.02. The molecule has 1 aliphatic rings. The molecule has 3 heteroatoms. The second-order valence-corrected chi connectivity index (χ2v) is 6.41. The van der Waals surface area contributed by atoms with Crippen LogP contribution in [0.15, 0.2) is 46.9 Å². The zero-order chi connectivity index (χ0) is 14.7. The Bertz CT molecular complexity index is 624. The molecule has 2 aromatic rings. The summed E-state index contributed by atoms with van der Waals surface area (Å²) in [7, 11) is 0. The van der Waals surface area contributed by atoms with Crippen LogP contribution in [0.1, 0.15) is 24.0 Å². The molecule has 0 aliphatic carbocycles. The van der Waals surface area contributed by atoms with Crippen molar-refractivity contribution in [3.05, 3.63) is 58.1 Å². The van der Waals surface area contributed by atoms with Crippen molar-refractivity contribution in [1.29, 1.82) is 0 Å². The van der Waals surface area contributed by atoms with E-state index in [-0.39, 0.29) is 0 Å². The second-order valence-electron chi connectivity index (χ2n) is 5.55. The van der Waals surface area contributed by atoms with Crippen molar-refractivity contribution >= 4 is 27.3 Å². The summed E-state index contributed by atoms with van der Waals surface area (Å²) in [6.45, 7) is 1.77. The van der Waals surface area contributed by atoms with Gasteiger partial charge in [-0.1, -0.05) is 40.2 Å². The first kappa shape index (κ1) is 14.6. The van der Waals surface area contributed by atoms with E-state index < -0.39 is 0 Å². The number of fused-ring (bicyclic) bond motifs is 1. The molecule has 0 saturated heterocycles. The van der Waals surface area contributed by atoms with E-state index in [0.29, 0.717) is 6.54 Å². The summed E-state index contributed by atoms with van der Waals surface area (Å²) < 4.78 is 1.16. The van der Waals surface area contributed by atoms with Crippen LogP contribution in [0.4, 0.5) is 11.4 Å². The van der Waals surface area contributed by atoms with Crippen LogP contribution in [0.25, 0.3) is 0 Å². The first-order valence-corrected chi connectivity index (χ1v) is 8.43. The molecule has 2 aromatic carbocycles. The lowest BCUT2D eigenvalue weighted by Gasteiger charge is -2.25. The van der Waals surface area contributed by atoms with Crippen LogP contribution in [0.3, 0.4) is 0 Å². The number of hydrogen-bond acceptors (Lipinski definition) is 2. The molecule has 2 N–H and O–H groups in total. The number of hydrogen-bond donors (Lipinski definition) is 1. The van der Waals surface area contributed by atoms with Crippen LogP contribution in [0.5, 0.6) is 0 Å². The van der Waals surface area contributed by atoms with Gasteiger partial charge in [-0.3, -0.25) is 0 Å². The van der Waals surface area contributed by atoms with Crippen molar-refractivity contribution in [3.8, 4) is 0 Å². The fraction of sp³-hybridized carbons (Fsp3) is 0.333. The van der Waals surface area contributed by atoms with E-state index in [0.717, 1.165) is 17.4 Å². The minimum absolute atomic E-state index is 0.685. The van der Waals surface area contributed by atoms with Gasteiger partial charge in [-0.15, -0.1) is 0 Å². The topological polar surface area (TPSA) is 29.3 Å². The average Bonchev–Trinajstić information content (AvgIpc) is 2.72. The van der Waals surface area contributed by atoms with Crippen molar-refractivity contribution in [2.45, 2.75) is 25.7 Å². The van der Waals surface area contributed by atoms with E-state index in [1.54, 1.807) is 0 Å². The molecule has 0 radical (unpaired) electrons. The predicted octanol–water partition coefficient (Wildman–Crippen LogP) is 4.42. The number of aryl methyl sites for hydroxylation is 1. The molecule has 0 unspecified atom stereocenters. The fourth-order valence-corrected chi connectivity index (χ4v) is 3.59. The molecule has 2 nitrogen and oxygen atoms in total. The van der Waals surface area contributed by atoms with Gasteiger partial charge in [-0.25, -0.2) is 0 Å². The zero-order valence-electron chi connectivity index (χ0n) is 12.2. The largest absolute Gasteiger partial charge is 0.341 e. The number of nitrogens with two attached hydrogens (primary N) is 1. The molecule has 0 atom stereocenters. The Morgan fingerprint density at radius 3 is 2.76 bits per heavy atom. The maximum atomic E-state index is 5.66. The Morgan fingerprint density at radius 1 is 1.10 bits per heavy atom. The molecule has 0 amide bonds. The van der Waals surface area contributed by atoms with Crippen LogP contribution in [-0.2, 0) is 12.8 Å². The highest BCUT2D eigenvalue weighted by Crippen LogP contribution is 2.34. The lowest BCUT2D eigenvalue weighted by atomic mass is 10.1. The molecule has 0 aromatic heterocycles. The molecular formula is C18H21BrN2. The smallest absolute Gasteiger partial charge is 0.0443 e. The molecule has 1 aliphatic heterocycles. The lowest BCUT2D eigenvalue weighted by molar-refractivity contribution is 0.761. The number of nitrogens with zero attached hydrogens (tertiary/aromatic N) is 1. The summed E-state index contributed by atoms with van der Waals surface area (Å²) in [4.78, 5) is 2.44. The van der Waals surface area contributed by atoms with Crippen molar-refractivity contribution in [2.24, 2.45) is 5.73 Å². The summed E-state index contributed by atoms with van der Waals surface area (Å²) in [5.41, 5.74) is 11.0. The van der Waals surface area contributed by atoms with Gasteiger partial charge in [0.05, 0.1) is 0 Å². The van der Waals surface area contributed by atoms with Gasteiger partial charge in [0.25, 0.3) is 0 Å².